The number of aromatic nitrogens is 1. The summed E-state index contributed by atoms with van der Waals surface area (Å²) < 4.78 is 63.6. The van der Waals surface area contributed by atoms with Crippen molar-refractivity contribution in [3.8, 4) is 0 Å². The smallest absolute Gasteiger partial charge is 0.369 e. The minimum Gasteiger partial charge on any atom is -0.369 e. The summed E-state index contributed by atoms with van der Waals surface area (Å²) in [5.74, 6) is 0.0767. The molecular formula is C12H16F3N3O2S. The molecule has 1 aliphatic carbocycles. The largest absolute Gasteiger partial charge is 0.402 e. The SMILES string of the molecule is CCNc1ncccc1S(=O)(=O)N(CC(F)(F)F)C1CC1. The molecule has 1 heterocycles. The van der Waals surface area contributed by atoms with Gasteiger partial charge in [-0.3, -0.25) is 0 Å². The van der Waals surface area contributed by atoms with Gasteiger partial charge < -0.3 is 5.32 Å². The van der Waals surface area contributed by atoms with Crippen molar-refractivity contribution in [1.82, 2.24) is 9.29 Å². The number of nitrogens with zero attached hydrogens (tertiary/aromatic N) is 2. The molecule has 2 rings (SSSR count). The summed E-state index contributed by atoms with van der Waals surface area (Å²) in [4.78, 5) is 3.68. The van der Waals surface area contributed by atoms with E-state index in [1.165, 1.54) is 18.3 Å². The Labute approximate surface area is 121 Å². The van der Waals surface area contributed by atoms with E-state index in [4.69, 9.17) is 0 Å². The van der Waals surface area contributed by atoms with Crippen LogP contribution in [-0.2, 0) is 10.0 Å². The lowest BCUT2D eigenvalue weighted by Crippen LogP contribution is -2.40. The van der Waals surface area contributed by atoms with E-state index in [0.29, 0.717) is 23.7 Å². The van der Waals surface area contributed by atoms with Crippen LogP contribution < -0.4 is 5.32 Å². The topological polar surface area (TPSA) is 62.3 Å². The van der Waals surface area contributed by atoms with Crippen LogP contribution in [0.1, 0.15) is 19.8 Å². The van der Waals surface area contributed by atoms with Crippen LogP contribution >= 0.6 is 0 Å². The van der Waals surface area contributed by atoms with Gasteiger partial charge in [-0.05, 0) is 31.9 Å². The summed E-state index contributed by atoms with van der Waals surface area (Å²) in [7, 11) is -4.24. The van der Waals surface area contributed by atoms with Crippen LogP contribution in [0.4, 0.5) is 19.0 Å². The quantitative estimate of drug-likeness (QED) is 0.872. The number of halogens is 3. The highest BCUT2D eigenvalue weighted by atomic mass is 32.2. The van der Waals surface area contributed by atoms with Crippen molar-refractivity contribution in [2.24, 2.45) is 0 Å². The molecule has 0 bridgehead atoms. The minimum absolute atomic E-state index is 0.0767. The van der Waals surface area contributed by atoms with Crippen molar-refractivity contribution in [2.45, 2.75) is 36.9 Å². The predicted octanol–water partition coefficient (Wildman–Crippen LogP) is 2.23. The van der Waals surface area contributed by atoms with Crippen molar-refractivity contribution < 1.29 is 21.6 Å². The molecule has 1 fully saturated rings. The van der Waals surface area contributed by atoms with E-state index >= 15 is 0 Å². The van der Waals surface area contributed by atoms with Gasteiger partial charge in [0.1, 0.15) is 17.3 Å². The third kappa shape index (κ3) is 3.85. The van der Waals surface area contributed by atoms with E-state index in [1.54, 1.807) is 6.92 Å². The lowest BCUT2D eigenvalue weighted by atomic mass is 10.4. The van der Waals surface area contributed by atoms with Crippen molar-refractivity contribution in [3.63, 3.8) is 0 Å². The Morgan fingerprint density at radius 1 is 1.43 bits per heavy atom. The molecule has 21 heavy (non-hydrogen) atoms. The fourth-order valence-electron chi connectivity index (χ4n) is 1.97. The van der Waals surface area contributed by atoms with Gasteiger partial charge in [0.15, 0.2) is 0 Å². The van der Waals surface area contributed by atoms with Gasteiger partial charge in [0.05, 0.1) is 0 Å². The number of sulfonamides is 1. The van der Waals surface area contributed by atoms with Crippen molar-refractivity contribution in [1.29, 1.82) is 0 Å². The molecule has 0 radical (unpaired) electrons. The van der Waals surface area contributed by atoms with Gasteiger partial charge in [-0.15, -0.1) is 0 Å². The molecule has 1 N–H and O–H groups in total. The fourth-order valence-corrected chi connectivity index (χ4v) is 3.77. The van der Waals surface area contributed by atoms with Crippen LogP contribution in [0.25, 0.3) is 0 Å². The molecule has 1 aliphatic rings. The van der Waals surface area contributed by atoms with E-state index in [1.807, 2.05) is 0 Å². The maximum absolute atomic E-state index is 12.7. The molecule has 0 saturated heterocycles. The monoisotopic (exact) mass is 323 g/mol. The molecule has 118 valence electrons. The Balaban J connectivity index is 2.39. The molecule has 0 spiro atoms. The Morgan fingerprint density at radius 3 is 2.62 bits per heavy atom. The van der Waals surface area contributed by atoms with Gasteiger partial charge in [-0.25, -0.2) is 13.4 Å². The van der Waals surface area contributed by atoms with E-state index < -0.39 is 28.8 Å². The predicted molar refractivity (Wildman–Crippen MR) is 71.4 cm³/mol. The number of rotatable bonds is 6. The zero-order valence-electron chi connectivity index (χ0n) is 11.4. The van der Waals surface area contributed by atoms with Gasteiger partial charge in [-0.2, -0.15) is 17.5 Å². The first kappa shape index (κ1) is 16.0. The van der Waals surface area contributed by atoms with Crippen molar-refractivity contribution >= 4 is 15.8 Å². The molecule has 0 atom stereocenters. The van der Waals surface area contributed by atoms with Crippen LogP contribution in [-0.4, -0.2) is 43.0 Å². The number of anilines is 1. The number of nitrogens with one attached hydrogen (secondary N) is 1. The molecule has 0 unspecified atom stereocenters. The lowest BCUT2D eigenvalue weighted by Gasteiger charge is -2.24. The first-order chi connectivity index (χ1) is 9.75. The van der Waals surface area contributed by atoms with E-state index in [-0.39, 0.29) is 10.7 Å². The zero-order chi connectivity index (χ0) is 15.7. The highest BCUT2D eigenvalue weighted by Gasteiger charge is 2.45. The molecule has 5 nitrogen and oxygen atoms in total. The highest BCUT2D eigenvalue weighted by molar-refractivity contribution is 7.89. The number of alkyl halides is 3. The van der Waals surface area contributed by atoms with Gasteiger partial charge in [0, 0.05) is 18.8 Å². The number of hydrogen-bond acceptors (Lipinski definition) is 4. The normalized spacial score (nSPS) is 16.2. The van der Waals surface area contributed by atoms with Crippen LogP contribution in [0.5, 0.6) is 0 Å². The number of pyridine rings is 1. The average molecular weight is 323 g/mol. The first-order valence-corrected chi connectivity index (χ1v) is 7.97. The maximum Gasteiger partial charge on any atom is 0.402 e. The Kier molecular flexibility index (Phi) is 4.43. The van der Waals surface area contributed by atoms with E-state index in [9.17, 15) is 21.6 Å². The Morgan fingerprint density at radius 2 is 2.10 bits per heavy atom. The molecular weight excluding hydrogens is 307 g/mol. The fraction of sp³-hybridized carbons (Fsp3) is 0.583. The van der Waals surface area contributed by atoms with E-state index in [0.717, 1.165) is 0 Å². The second-order valence-electron chi connectivity index (χ2n) is 4.78. The molecule has 1 saturated carbocycles. The maximum atomic E-state index is 12.7. The summed E-state index contributed by atoms with van der Waals surface area (Å²) in [5, 5.41) is 2.76. The highest BCUT2D eigenvalue weighted by Crippen LogP contribution is 2.36. The molecule has 0 aromatic carbocycles. The third-order valence-electron chi connectivity index (χ3n) is 2.99. The standard InChI is InChI=1S/C12H16F3N3O2S/c1-2-16-11-10(4-3-7-17-11)21(19,20)18(9-5-6-9)8-12(13,14)15/h3-4,7,9H,2,5-6,8H2,1H3,(H,16,17). The Hall–Kier alpha value is -1.35. The molecule has 9 heteroatoms. The second kappa shape index (κ2) is 5.80. The summed E-state index contributed by atoms with van der Waals surface area (Å²) in [6, 6.07) is 2.09. The molecule has 0 amide bonds. The van der Waals surface area contributed by atoms with Crippen LogP contribution in [0, 0.1) is 0 Å². The van der Waals surface area contributed by atoms with Gasteiger partial charge in [0.25, 0.3) is 0 Å². The van der Waals surface area contributed by atoms with Crippen LogP contribution in [0.2, 0.25) is 0 Å². The van der Waals surface area contributed by atoms with Gasteiger partial charge >= 0.3 is 6.18 Å². The summed E-state index contributed by atoms with van der Waals surface area (Å²) >= 11 is 0. The second-order valence-corrected chi connectivity index (χ2v) is 6.64. The lowest BCUT2D eigenvalue weighted by molar-refractivity contribution is -0.137. The third-order valence-corrected chi connectivity index (χ3v) is 4.92. The van der Waals surface area contributed by atoms with Gasteiger partial charge in [-0.1, -0.05) is 0 Å². The van der Waals surface area contributed by atoms with Gasteiger partial charge in [0.2, 0.25) is 10.0 Å². The average Bonchev–Trinajstić information content (AvgIpc) is 3.20. The van der Waals surface area contributed by atoms with Crippen molar-refractivity contribution in [2.75, 3.05) is 18.4 Å². The summed E-state index contributed by atoms with van der Waals surface area (Å²) in [6.45, 7) is 0.697. The summed E-state index contributed by atoms with van der Waals surface area (Å²) in [5.41, 5.74) is 0. The number of hydrogen-bond donors (Lipinski definition) is 1. The summed E-state index contributed by atoms with van der Waals surface area (Å²) in [6.07, 6.45) is -2.28. The van der Waals surface area contributed by atoms with Crippen LogP contribution in [0.3, 0.4) is 0 Å². The van der Waals surface area contributed by atoms with Crippen LogP contribution in [0.15, 0.2) is 23.2 Å². The zero-order valence-corrected chi connectivity index (χ0v) is 12.2. The minimum atomic E-state index is -4.57. The molecule has 1 aromatic rings. The Bertz CT molecular complexity index is 600. The molecule has 0 aliphatic heterocycles. The first-order valence-electron chi connectivity index (χ1n) is 6.53. The molecule has 1 aromatic heterocycles. The van der Waals surface area contributed by atoms with Crippen molar-refractivity contribution in [3.05, 3.63) is 18.3 Å². The van der Waals surface area contributed by atoms with E-state index in [2.05, 4.69) is 10.3 Å².